The van der Waals surface area contributed by atoms with Gasteiger partial charge in [0, 0.05) is 0 Å². The van der Waals surface area contributed by atoms with E-state index >= 15 is 0 Å². The third-order valence-electron chi connectivity index (χ3n) is 11.2. The predicted octanol–water partition coefficient (Wildman–Crippen LogP) is 9.23. The minimum Gasteiger partial charge on any atom is -0.375 e. The van der Waals surface area contributed by atoms with Gasteiger partial charge in [0.1, 0.15) is 0 Å². The molecule has 0 spiro atoms. The smallest absolute Gasteiger partial charge is 0.0616 e. The summed E-state index contributed by atoms with van der Waals surface area (Å²) in [7, 11) is 0. The van der Waals surface area contributed by atoms with E-state index in [1.165, 1.54) is 57.8 Å². The van der Waals surface area contributed by atoms with Gasteiger partial charge in [-0.05, 0) is 124 Å². The van der Waals surface area contributed by atoms with Crippen molar-refractivity contribution in [1.82, 2.24) is 0 Å². The Bertz CT molecular complexity index is 731. The molecule has 0 heterocycles. The molecule has 4 rings (SSSR count). The molecule has 0 saturated heterocycles. The maximum absolute atomic E-state index is 6.26. The maximum atomic E-state index is 6.26. The van der Waals surface area contributed by atoms with Crippen LogP contribution in [0.5, 0.6) is 0 Å². The normalized spacial score (nSPS) is 42.7. The van der Waals surface area contributed by atoms with E-state index in [9.17, 15) is 0 Å². The van der Waals surface area contributed by atoms with E-state index in [4.69, 9.17) is 4.74 Å². The summed E-state index contributed by atoms with van der Waals surface area (Å²) in [6.07, 6.45) is 20.9. The zero-order chi connectivity index (χ0) is 24.0. The molecule has 9 atom stereocenters. The summed E-state index contributed by atoms with van der Waals surface area (Å²) in [4.78, 5) is 0. The van der Waals surface area contributed by atoms with Gasteiger partial charge in [-0.25, -0.2) is 0 Å². The van der Waals surface area contributed by atoms with Gasteiger partial charge in [-0.1, -0.05) is 65.3 Å². The Morgan fingerprint density at radius 1 is 0.970 bits per heavy atom. The van der Waals surface area contributed by atoms with E-state index in [2.05, 4.69) is 73.6 Å². The molecule has 9 unspecified atom stereocenters. The zero-order valence-electron chi connectivity index (χ0n) is 23.2. The number of hydrogen-bond donors (Lipinski definition) is 0. The summed E-state index contributed by atoms with van der Waals surface area (Å²) < 4.78 is 6.26. The molecule has 4 aliphatic carbocycles. The Balaban J connectivity index is 1.49. The highest BCUT2D eigenvalue weighted by molar-refractivity contribution is 5.25. The van der Waals surface area contributed by atoms with Crippen molar-refractivity contribution in [3.8, 4) is 0 Å². The van der Waals surface area contributed by atoms with Gasteiger partial charge in [-0.15, -0.1) is 0 Å². The Hall–Kier alpha value is -0.560. The second kappa shape index (κ2) is 9.83. The SMILES string of the molecule is CCC(/C=C/C(C)C1CCC2C3CC=C4CC(OC(C)C)CCC4(C)C3CCC12C)C(C)C. The molecule has 4 aliphatic rings. The quantitative estimate of drug-likeness (QED) is 0.348. The van der Waals surface area contributed by atoms with E-state index in [0.29, 0.717) is 23.0 Å². The average Bonchev–Trinajstić information content (AvgIpc) is 3.11. The monoisotopic (exact) mass is 454 g/mol. The van der Waals surface area contributed by atoms with Crippen LogP contribution in [0.1, 0.15) is 113 Å². The molecule has 0 aromatic rings. The lowest BCUT2D eigenvalue weighted by molar-refractivity contribution is -0.0687. The van der Waals surface area contributed by atoms with Gasteiger partial charge in [0.05, 0.1) is 12.2 Å². The molecule has 33 heavy (non-hydrogen) atoms. The van der Waals surface area contributed by atoms with Crippen molar-refractivity contribution < 1.29 is 4.74 Å². The van der Waals surface area contributed by atoms with Crippen LogP contribution in [-0.2, 0) is 4.74 Å². The van der Waals surface area contributed by atoms with Crippen molar-refractivity contribution in [1.29, 1.82) is 0 Å². The van der Waals surface area contributed by atoms with Gasteiger partial charge < -0.3 is 4.74 Å². The Morgan fingerprint density at radius 3 is 2.39 bits per heavy atom. The van der Waals surface area contributed by atoms with Crippen molar-refractivity contribution in [3.05, 3.63) is 23.8 Å². The van der Waals surface area contributed by atoms with Gasteiger partial charge in [-0.2, -0.15) is 0 Å². The predicted molar refractivity (Wildman–Crippen MR) is 142 cm³/mol. The lowest BCUT2D eigenvalue weighted by Gasteiger charge is -2.58. The molecular weight excluding hydrogens is 400 g/mol. The molecule has 1 nitrogen and oxygen atoms in total. The van der Waals surface area contributed by atoms with Crippen LogP contribution in [-0.4, -0.2) is 12.2 Å². The highest BCUT2D eigenvalue weighted by Crippen LogP contribution is 2.67. The minimum atomic E-state index is 0.353. The van der Waals surface area contributed by atoms with Gasteiger partial charge in [0.25, 0.3) is 0 Å². The number of rotatable bonds is 7. The Labute approximate surface area is 206 Å². The highest BCUT2D eigenvalue weighted by atomic mass is 16.5. The van der Waals surface area contributed by atoms with Crippen LogP contribution >= 0.6 is 0 Å². The lowest BCUT2D eigenvalue weighted by Crippen LogP contribution is -2.51. The first-order valence-electron chi connectivity index (χ1n) is 14.6. The first-order valence-corrected chi connectivity index (χ1v) is 14.6. The summed E-state index contributed by atoms with van der Waals surface area (Å²) in [5.41, 5.74) is 2.75. The molecule has 0 aromatic carbocycles. The van der Waals surface area contributed by atoms with Crippen molar-refractivity contribution in [3.63, 3.8) is 0 Å². The number of allylic oxidation sites excluding steroid dienone is 3. The summed E-state index contributed by atoms with van der Waals surface area (Å²) >= 11 is 0. The molecule has 0 N–H and O–H groups in total. The van der Waals surface area contributed by atoms with Gasteiger partial charge in [-0.3, -0.25) is 0 Å². The van der Waals surface area contributed by atoms with Crippen LogP contribution in [0.3, 0.4) is 0 Å². The molecule has 0 aromatic heterocycles. The third-order valence-corrected chi connectivity index (χ3v) is 11.2. The summed E-state index contributed by atoms with van der Waals surface area (Å²) in [6.45, 7) is 19.4. The van der Waals surface area contributed by atoms with Gasteiger partial charge in [0.2, 0.25) is 0 Å². The van der Waals surface area contributed by atoms with Gasteiger partial charge >= 0.3 is 0 Å². The number of fused-ring (bicyclic) bond motifs is 5. The van der Waals surface area contributed by atoms with Crippen LogP contribution in [0.15, 0.2) is 23.8 Å². The molecule has 0 bridgehead atoms. The molecule has 3 fully saturated rings. The van der Waals surface area contributed by atoms with Gasteiger partial charge in [0.15, 0.2) is 0 Å². The lowest BCUT2D eigenvalue weighted by atomic mass is 9.47. The van der Waals surface area contributed by atoms with Crippen LogP contribution in [0, 0.1) is 52.3 Å². The topological polar surface area (TPSA) is 9.23 Å². The second-order valence-electron chi connectivity index (χ2n) is 13.6. The molecular formula is C32H54O. The van der Waals surface area contributed by atoms with E-state index < -0.39 is 0 Å². The fourth-order valence-corrected chi connectivity index (χ4v) is 9.31. The zero-order valence-corrected chi connectivity index (χ0v) is 23.2. The summed E-state index contributed by atoms with van der Waals surface area (Å²) in [5, 5.41) is 0. The Kier molecular flexibility index (Phi) is 7.60. The number of hydrogen-bond acceptors (Lipinski definition) is 1. The van der Waals surface area contributed by atoms with E-state index in [1.807, 2.05) is 0 Å². The standard InChI is InChI=1S/C32H54O/c1-9-24(21(2)3)11-10-23(6)28-14-15-29-27-13-12-25-20-26(33-22(4)5)16-18-31(25,7)30(27)17-19-32(28,29)8/h10-12,21-24,26-30H,9,13-20H2,1-8H3/b11-10+. The third kappa shape index (κ3) is 4.66. The fraction of sp³-hybridized carbons (Fsp3) is 0.875. The van der Waals surface area contributed by atoms with Crippen LogP contribution < -0.4 is 0 Å². The average molecular weight is 455 g/mol. The van der Waals surface area contributed by atoms with E-state index in [1.54, 1.807) is 5.57 Å². The maximum Gasteiger partial charge on any atom is 0.0616 e. The van der Waals surface area contributed by atoms with Crippen molar-refractivity contribution in [2.45, 2.75) is 125 Å². The molecule has 0 radical (unpaired) electrons. The van der Waals surface area contributed by atoms with Crippen molar-refractivity contribution in [2.24, 2.45) is 52.3 Å². The first-order chi connectivity index (χ1) is 15.6. The van der Waals surface area contributed by atoms with E-state index in [-0.39, 0.29) is 0 Å². The van der Waals surface area contributed by atoms with E-state index in [0.717, 1.165) is 41.4 Å². The first kappa shape index (κ1) is 25.5. The minimum absolute atomic E-state index is 0.353. The fourth-order valence-electron chi connectivity index (χ4n) is 9.31. The van der Waals surface area contributed by atoms with Crippen molar-refractivity contribution in [2.75, 3.05) is 0 Å². The molecule has 0 amide bonds. The molecule has 3 saturated carbocycles. The molecule has 188 valence electrons. The van der Waals surface area contributed by atoms with Crippen LogP contribution in [0.25, 0.3) is 0 Å². The summed E-state index contributed by atoms with van der Waals surface area (Å²) in [6, 6.07) is 0. The van der Waals surface area contributed by atoms with Crippen LogP contribution in [0.2, 0.25) is 0 Å². The van der Waals surface area contributed by atoms with Crippen LogP contribution in [0.4, 0.5) is 0 Å². The summed E-state index contributed by atoms with van der Waals surface area (Å²) in [5.74, 6) is 5.85. The molecule has 0 aliphatic heterocycles. The largest absolute Gasteiger partial charge is 0.375 e. The second-order valence-corrected chi connectivity index (χ2v) is 13.6. The number of ether oxygens (including phenoxy) is 1. The Morgan fingerprint density at radius 2 is 1.73 bits per heavy atom. The molecule has 1 heteroatoms. The highest BCUT2D eigenvalue weighted by Gasteiger charge is 2.59. The van der Waals surface area contributed by atoms with Crippen molar-refractivity contribution >= 4 is 0 Å².